The zero-order valence-corrected chi connectivity index (χ0v) is 10.2. The van der Waals surface area contributed by atoms with Gasteiger partial charge in [0.25, 0.3) is 0 Å². The third-order valence-corrected chi connectivity index (χ3v) is 5.22. The molecule has 2 saturated carbocycles. The fourth-order valence-electron chi connectivity index (χ4n) is 4.09. The fraction of sp³-hybridized carbons (Fsp3) is 0.438. The molecule has 3 aliphatic rings. The van der Waals surface area contributed by atoms with Crippen LogP contribution >= 0.6 is 0 Å². The maximum Gasteiger partial charge on any atom is 0.127 e. The second kappa shape index (κ2) is 3.03. The first kappa shape index (κ1) is 10.3. The lowest BCUT2D eigenvalue weighted by Crippen LogP contribution is -2.29. The van der Waals surface area contributed by atoms with E-state index >= 15 is 0 Å². The molecule has 0 radical (unpaired) electrons. The van der Waals surface area contributed by atoms with E-state index in [1.54, 1.807) is 18.2 Å². The summed E-state index contributed by atoms with van der Waals surface area (Å²) in [5.41, 5.74) is 3.34. The number of benzene rings is 1. The Hall–Kier alpha value is -1.62. The van der Waals surface area contributed by atoms with E-state index < -0.39 is 0 Å². The molecule has 0 aliphatic heterocycles. The second-order valence-corrected chi connectivity index (χ2v) is 6.00. The third-order valence-electron chi connectivity index (χ3n) is 5.22. The van der Waals surface area contributed by atoms with Crippen molar-refractivity contribution in [2.75, 3.05) is 0 Å². The van der Waals surface area contributed by atoms with Crippen LogP contribution in [0.4, 0.5) is 4.39 Å². The monoisotopic (exact) mass is 239 g/mol. The fourth-order valence-corrected chi connectivity index (χ4v) is 4.09. The molecule has 1 aromatic rings. The van der Waals surface area contributed by atoms with Gasteiger partial charge in [-0.2, -0.15) is 5.26 Å². The summed E-state index contributed by atoms with van der Waals surface area (Å²) in [6.07, 6.45) is 7.24. The van der Waals surface area contributed by atoms with Gasteiger partial charge in [-0.05, 0) is 54.7 Å². The number of nitriles is 1. The summed E-state index contributed by atoms with van der Waals surface area (Å²) in [6.45, 7) is 0. The van der Waals surface area contributed by atoms with Gasteiger partial charge in [0.05, 0.1) is 6.07 Å². The summed E-state index contributed by atoms with van der Waals surface area (Å²) >= 11 is 0. The van der Waals surface area contributed by atoms with Crippen molar-refractivity contribution in [1.82, 2.24) is 0 Å². The molecule has 2 spiro atoms. The summed E-state index contributed by atoms with van der Waals surface area (Å²) in [5, 5.41) is 8.93. The molecule has 0 heterocycles. The number of allylic oxidation sites excluding steroid dienone is 2. The molecular weight excluding hydrogens is 225 g/mol. The molecular formula is C16H14FN. The first-order valence-corrected chi connectivity index (χ1v) is 6.61. The van der Waals surface area contributed by atoms with E-state index in [0.717, 1.165) is 36.0 Å². The van der Waals surface area contributed by atoms with Crippen LogP contribution in [0.1, 0.15) is 43.2 Å². The van der Waals surface area contributed by atoms with Crippen molar-refractivity contribution in [3.63, 3.8) is 0 Å². The van der Waals surface area contributed by atoms with Crippen LogP contribution in [0.3, 0.4) is 0 Å². The van der Waals surface area contributed by atoms with Crippen molar-refractivity contribution in [1.29, 1.82) is 5.26 Å². The number of halogens is 1. The highest BCUT2D eigenvalue weighted by molar-refractivity contribution is 5.76. The molecule has 0 N–H and O–H groups in total. The van der Waals surface area contributed by atoms with Gasteiger partial charge >= 0.3 is 0 Å². The van der Waals surface area contributed by atoms with Crippen LogP contribution in [0.25, 0.3) is 5.57 Å². The highest BCUT2D eigenvalue weighted by atomic mass is 19.1. The van der Waals surface area contributed by atoms with E-state index in [1.165, 1.54) is 12.8 Å². The van der Waals surface area contributed by atoms with Gasteiger partial charge in [0.2, 0.25) is 0 Å². The summed E-state index contributed by atoms with van der Waals surface area (Å²) < 4.78 is 14.3. The molecule has 0 saturated heterocycles. The molecule has 0 amide bonds. The standard InChI is InChI=1S/C16H14FN/c17-13-3-1-2-12-11(4-9-18)10-15(5-6-15)16(7-8-16)14(12)13/h1-4H,5-8,10H2/b11-4+. The molecule has 1 aromatic carbocycles. The molecule has 2 fully saturated rings. The molecule has 4 rings (SSSR count). The minimum absolute atomic E-state index is 0.0696. The van der Waals surface area contributed by atoms with Crippen molar-refractivity contribution in [3.8, 4) is 6.07 Å². The van der Waals surface area contributed by atoms with Crippen LogP contribution in [-0.4, -0.2) is 0 Å². The Labute approximate surface area is 106 Å². The smallest absolute Gasteiger partial charge is 0.127 e. The molecule has 0 aromatic heterocycles. The SMILES string of the molecule is N#C/C=C1\CC2(CC2)C2(CC2)c2c(F)cccc21. The van der Waals surface area contributed by atoms with Crippen LogP contribution in [0.5, 0.6) is 0 Å². The maximum atomic E-state index is 14.3. The second-order valence-electron chi connectivity index (χ2n) is 6.00. The summed E-state index contributed by atoms with van der Waals surface area (Å²) in [5.74, 6) is -0.0696. The van der Waals surface area contributed by atoms with E-state index in [-0.39, 0.29) is 16.6 Å². The summed E-state index contributed by atoms with van der Waals surface area (Å²) in [6, 6.07) is 7.45. The van der Waals surface area contributed by atoms with Crippen LogP contribution in [0.15, 0.2) is 24.3 Å². The zero-order valence-electron chi connectivity index (χ0n) is 10.2. The van der Waals surface area contributed by atoms with E-state index in [1.807, 2.05) is 6.07 Å². The lowest BCUT2D eigenvalue weighted by Gasteiger charge is -2.36. The number of hydrogen-bond donors (Lipinski definition) is 0. The first-order valence-electron chi connectivity index (χ1n) is 6.61. The van der Waals surface area contributed by atoms with E-state index in [0.29, 0.717) is 0 Å². The highest BCUT2D eigenvalue weighted by Gasteiger charge is 2.68. The molecule has 0 unspecified atom stereocenters. The van der Waals surface area contributed by atoms with Crippen LogP contribution in [0.2, 0.25) is 0 Å². The molecule has 2 heteroatoms. The molecule has 0 bridgehead atoms. The van der Waals surface area contributed by atoms with Crippen molar-refractivity contribution in [2.45, 2.75) is 37.5 Å². The lowest BCUT2D eigenvalue weighted by molar-refractivity contribution is 0.361. The van der Waals surface area contributed by atoms with Gasteiger partial charge in [-0.25, -0.2) is 4.39 Å². The van der Waals surface area contributed by atoms with E-state index in [2.05, 4.69) is 6.07 Å². The molecule has 0 atom stereocenters. The molecule has 18 heavy (non-hydrogen) atoms. The highest BCUT2D eigenvalue weighted by Crippen LogP contribution is 2.76. The van der Waals surface area contributed by atoms with Gasteiger partial charge < -0.3 is 0 Å². The van der Waals surface area contributed by atoms with Crippen molar-refractivity contribution >= 4 is 5.57 Å². The normalized spacial score (nSPS) is 27.0. The van der Waals surface area contributed by atoms with Crippen molar-refractivity contribution in [2.24, 2.45) is 5.41 Å². The van der Waals surface area contributed by atoms with Gasteiger partial charge in [0.1, 0.15) is 5.82 Å². The van der Waals surface area contributed by atoms with Crippen molar-refractivity contribution in [3.05, 3.63) is 41.2 Å². The Bertz CT molecular complexity index is 612. The Morgan fingerprint density at radius 2 is 2.00 bits per heavy atom. The summed E-state index contributed by atoms with van der Waals surface area (Å²) in [4.78, 5) is 0. The van der Waals surface area contributed by atoms with E-state index in [9.17, 15) is 4.39 Å². The topological polar surface area (TPSA) is 23.8 Å². The number of rotatable bonds is 0. The van der Waals surface area contributed by atoms with Crippen molar-refractivity contribution < 1.29 is 4.39 Å². The minimum Gasteiger partial charge on any atom is -0.207 e. The third kappa shape index (κ3) is 1.06. The molecule has 90 valence electrons. The van der Waals surface area contributed by atoms with Gasteiger partial charge in [-0.3, -0.25) is 0 Å². The summed E-state index contributed by atoms with van der Waals surface area (Å²) in [7, 11) is 0. The lowest BCUT2D eigenvalue weighted by atomic mass is 9.67. The van der Waals surface area contributed by atoms with Crippen LogP contribution < -0.4 is 0 Å². The Morgan fingerprint density at radius 1 is 1.22 bits per heavy atom. The number of nitrogens with zero attached hydrogens (tertiary/aromatic N) is 1. The molecule has 3 aliphatic carbocycles. The average Bonchev–Trinajstić information content (AvgIpc) is 3.21. The van der Waals surface area contributed by atoms with Gasteiger partial charge in [0, 0.05) is 17.1 Å². The van der Waals surface area contributed by atoms with Gasteiger partial charge in [0.15, 0.2) is 0 Å². The van der Waals surface area contributed by atoms with Crippen LogP contribution in [-0.2, 0) is 5.41 Å². The Kier molecular flexibility index (Phi) is 1.74. The van der Waals surface area contributed by atoms with Gasteiger partial charge in [-0.1, -0.05) is 12.1 Å². The van der Waals surface area contributed by atoms with E-state index in [4.69, 9.17) is 5.26 Å². The predicted octanol–water partition coefficient (Wildman–Crippen LogP) is 3.95. The van der Waals surface area contributed by atoms with Gasteiger partial charge in [-0.15, -0.1) is 0 Å². The Morgan fingerprint density at radius 3 is 2.61 bits per heavy atom. The zero-order chi connectivity index (χ0) is 12.4. The average molecular weight is 239 g/mol. The number of fused-ring (bicyclic) bond motifs is 3. The maximum absolute atomic E-state index is 14.3. The Balaban J connectivity index is 2.01. The predicted molar refractivity (Wildman–Crippen MR) is 67.2 cm³/mol. The first-order chi connectivity index (χ1) is 8.72. The largest absolute Gasteiger partial charge is 0.207 e. The van der Waals surface area contributed by atoms with Crippen LogP contribution in [0, 0.1) is 22.6 Å². The minimum atomic E-state index is -0.0696. The quantitative estimate of drug-likeness (QED) is 0.629. The number of hydrogen-bond acceptors (Lipinski definition) is 1. The molecule has 1 nitrogen and oxygen atoms in total.